The van der Waals surface area contributed by atoms with Crippen LogP contribution in [-0.4, -0.2) is 37.4 Å². The van der Waals surface area contributed by atoms with Gasteiger partial charge in [-0.3, -0.25) is 4.79 Å². The van der Waals surface area contributed by atoms with Crippen LogP contribution in [0.2, 0.25) is 0 Å². The molecule has 2 aromatic carbocycles. The minimum absolute atomic E-state index is 0.101. The zero-order chi connectivity index (χ0) is 18.8. The smallest absolute Gasteiger partial charge is 0.307 e. The van der Waals surface area contributed by atoms with Crippen molar-refractivity contribution in [1.82, 2.24) is 4.98 Å². The third-order valence-electron chi connectivity index (χ3n) is 4.45. The Morgan fingerprint density at radius 1 is 1.04 bits per heavy atom. The van der Waals surface area contributed by atoms with Crippen LogP contribution in [0.15, 0.2) is 30.3 Å². The van der Waals surface area contributed by atoms with Gasteiger partial charge < -0.3 is 24.3 Å². The Bertz CT molecular complexity index is 974. The van der Waals surface area contributed by atoms with Crippen molar-refractivity contribution in [2.75, 3.05) is 21.3 Å². The van der Waals surface area contributed by atoms with E-state index < -0.39 is 5.97 Å². The lowest BCUT2D eigenvalue weighted by Gasteiger charge is -2.14. The molecule has 0 spiro atoms. The van der Waals surface area contributed by atoms with Crippen molar-refractivity contribution in [2.24, 2.45) is 0 Å². The molecule has 0 aliphatic heterocycles. The van der Waals surface area contributed by atoms with E-state index in [1.165, 1.54) is 0 Å². The van der Waals surface area contributed by atoms with Crippen molar-refractivity contribution in [3.8, 4) is 28.5 Å². The number of H-pyrrole nitrogens is 1. The SMILES string of the molecule is COc1cc(OC)c(-c2[nH]c3c(C)cccc3c2CC(=O)O)cc1OC. The van der Waals surface area contributed by atoms with E-state index in [0.717, 1.165) is 22.0 Å². The fourth-order valence-corrected chi connectivity index (χ4v) is 3.21. The number of aromatic amines is 1. The number of aliphatic carboxylic acids is 1. The van der Waals surface area contributed by atoms with E-state index in [9.17, 15) is 9.90 Å². The summed E-state index contributed by atoms with van der Waals surface area (Å²) in [6.07, 6.45) is -0.101. The molecule has 2 N–H and O–H groups in total. The minimum atomic E-state index is -0.895. The second-order valence-electron chi connectivity index (χ2n) is 5.95. The number of carboxylic acid groups (broad SMARTS) is 1. The summed E-state index contributed by atoms with van der Waals surface area (Å²) in [4.78, 5) is 14.8. The molecule has 0 saturated heterocycles. The summed E-state index contributed by atoms with van der Waals surface area (Å²) in [7, 11) is 4.68. The zero-order valence-electron chi connectivity index (χ0n) is 15.2. The highest BCUT2D eigenvalue weighted by molar-refractivity contribution is 5.96. The van der Waals surface area contributed by atoms with Crippen LogP contribution >= 0.6 is 0 Å². The Balaban J connectivity index is 2.34. The number of para-hydroxylation sites is 1. The summed E-state index contributed by atoms with van der Waals surface area (Å²) in [5.74, 6) is 0.756. The Labute approximate surface area is 151 Å². The van der Waals surface area contributed by atoms with Crippen LogP contribution in [0, 0.1) is 6.92 Å². The first-order chi connectivity index (χ1) is 12.5. The number of nitrogens with one attached hydrogen (secondary N) is 1. The average molecular weight is 355 g/mol. The summed E-state index contributed by atoms with van der Waals surface area (Å²) in [6, 6.07) is 9.36. The van der Waals surface area contributed by atoms with Crippen LogP contribution < -0.4 is 14.2 Å². The minimum Gasteiger partial charge on any atom is -0.496 e. The van der Waals surface area contributed by atoms with Crippen molar-refractivity contribution < 1.29 is 24.1 Å². The topological polar surface area (TPSA) is 80.8 Å². The van der Waals surface area contributed by atoms with Crippen LogP contribution in [0.4, 0.5) is 0 Å². The summed E-state index contributed by atoms with van der Waals surface area (Å²) in [5.41, 5.74) is 4.09. The van der Waals surface area contributed by atoms with Gasteiger partial charge in [0.1, 0.15) is 5.75 Å². The van der Waals surface area contributed by atoms with Crippen molar-refractivity contribution in [3.63, 3.8) is 0 Å². The Hall–Kier alpha value is -3.15. The molecule has 0 bridgehead atoms. The molecule has 0 fully saturated rings. The molecule has 0 saturated carbocycles. The number of rotatable bonds is 6. The number of benzene rings is 2. The summed E-state index contributed by atoms with van der Waals surface area (Å²) < 4.78 is 16.3. The summed E-state index contributed by atoms with van der Waals surface area (Å²) in [5, 5.41) is 10.3. The second-order valence-corrected chi connectivity index (χ2v) is 5.95. The number of aryl methyl sites for hydroxylation is 1. The van der Waals surface area contributed by atoms with Crippen LogP contribution in [0.25, 0.3) is 22.2 Å². The molecule has 6 nitrogen and oxygen atoms in total. The highest BCUT2D eigenvalue weighted by Gasteiger charge is 2.21. The molecule has 6 heteroatoms. The Kier molecular flexibility index (Phi) is 4.75. The maximum absolute atomic E-state index is 11.5. The first-order valence-corrected chi connectivity index (χ1v) is 8.12. The lowest BCUT2D eigenvalue weighted by Crippen LogP contribution is -2.02. The molecular weight excluding hydrogens is 334 g/mol. The number of hydrogen-bond donors (Lipinski definition) is 2. The van der Waals surface area contributed by atoms with Crippen LogP contribution in [0.1, 0.15) is 11.1 Å². The number of carbonyl (C=O) groups is 1. The molecule has 0 radical (unpaired) electrons. The molecular formula is C20H21NO5. The fraction of sp³-hybridized carbons (Fsp3) is 0.250. The standard InChI is InChI=1S/C20H21NO5/c1-11-6-5-7-12-13(9-18(22)23)20(21-19(11)12)14-8-16(25-3)17(26-4)10-15(14)24-2/h5-8,10,21H,9H2,1-4H3,(H,22,23). The average Bonchev–Trinajstić information content (AvgIpc) is 2.99. The van der Waals surface area contributed by atoms with Crippen molar-refractivity contribution in [2.45, 2.75) is 13.3 Å². The van der Waals surface area contributed by atoms with Gasteiger partial charge in [0.25, 0.3) is 0 Å². The van der Waals surface area contributed by atoms with Gasteiger partial charge in [-0.25, -0.2) is 0 Å². The monoisotopic (exact) mass is 355 g/mol. The van der Waals surface area contributed by atoms with E-state index in [1.807, 2.05) is 25.1 Å². The highest BCUT2D eigenvalue weighted by Crippen LogP contribution is 2.42. The van der Waals surface area contributed by atoms with E-state index in [-0.39, 0.29) is 6.42 Å². The molecule has 136 valence electrons. The lowest BCUT2D eigenvalue weighted by molar-refractivity contribution is -0.136. The molecule has 0 aliphatic rings. The molecule has 3 rings (SSSR count). The van der Waals surface area contributed by atoms with E-state index in [0.29, 0.717) is 28.5 Å². The fourth-order valence-electron chi connectivity index (χ4n) is 3.21. The number of aromatic nitrogens is 1. The summed E-state index contributed by atoms with van der Waals surface area (Å²) in [6.45, 7) is 1.99. The molecule has 0 atom stereocenters. The number of ether oxygens (including phenoxy) is 3. The second kappa shape index (κ2) is 7.00. The van der Waals surface area contributed by atoms with E-state index >= 15 is 0 Å². The third kappa shape index (κ3) is 2.94. The Morgan fingerprint density at radius 3 is 2.31 bits per heavy atom. The molecule has 3 aromatic rings. The normalized spacial score (nSPS) is 10.8. The van der Waals surface area contributed by atoms with Gasteiger partial charge in [0, 0.05) is 22.5 Å². The van der Waals surface area contributed by atoms with Gasteiger partial charge in [-0.2, -0.15) is 0 Å². The molecule has 1 aromatic heterocycles. The van der Waals surface area contributed by atoms with Gasteiger partial charge in [-0.15, -0.1) is 0 Å². The van der Waals surface area contributed by atoms with Crippen molar-refractivity contribution in [1.29, 1.82) is 0 Å². The molecule has 1 heterocycles. The number of fused-ring (bicyclic) bond motifs is 1. The van der Waals surface area contributed by atoms with E-state index in [1.54, 1.807) is 33.5 Å². The predicted octanol–water partition coefficient (Wildman–Crippen LogP) is 3.80. The predicted molar refractivity (Wildman–Crippen MR) is 99.5 cm³/mol. The van der Waals surface area contributed by atoms with E-state index in [2.05, 4.69) is 4.98 Å². The third-order valence-corrected chi connectivity index (χ3v) is 4.45. The summed E-state index contributed by atoms with van der Waals surface area (Å²) >= 11 is 0. The molecule has 26 heavy (non-hydrogen) atoms. The van der Waals surface area contributed by atoms with E-state index in [4.69, 9.17) is 14.2 Å². The highest BCUT2D eigenvalue weighted by atomic mass is 16.5. The zero-order valence-corrected chi connectivity index (χ0v) is 15.2. The van der Waals surface area contributed by atoms with Gasteiger partial charge in [0.2, 0.25) is 0 Å². The number of hydrogen-bond acceptors (Lipinski definition) is 4. The van der Waals surface area contributed by atoms with Crippen molar-refractivity contribution in [3.05, 3.63) is 41.5 Å². The maximum atomic E-state index is 11.5. The Morgan fingerprint density at radius 2 is 1.69 bits per heavy atom. The van der Waals surface area contributed by atoms with Gasteiger partial charge in [-0.1, -0.05) is 18.2 Å². The van der Waals surface area contributed by atoms with Crippen LogP contribution in [0.3, 0.4) is 0 Å². The van der Waals surface area contributed by atoms with Gasteiger partial charge in [0.05, 0.1) is 33.4 Å². The number of carboxylic acids is 1. The lowest BCUT2D eigenvalue weighted by atomic mass is 10.0. The maximum Gasteiger partial charge on any atom is 0.307 e. The number of methoxy groups -OCH3 is 3. The quantitative estimate of drug-likeness (QED) is 0.703. The first kappa shape index (κ1) is 17.7. The van der Waals surface area contributed by atoms with Gasteiger partial charge in [0.15, 0.2) is 11.5 Å². The van der Waals surface area contributed by atoms with Crippen molar-refractivity contribution >= 4 is 16.9 Å². The molecule has 0 amide bonds. The van der Waals surface area contributed by atoms with Gasteiger partial charge >= 0.3 is 5.97 Å². The van der Waals surface area contributed by atoms with Crippen LogP contribution in [0.5, 0.6) is 17.2 Å². The molecule has 0 unspecified atom stereocenters. The van der Waals surface area contributed by atoms with Gasteiger partial charge in [-0.05, 0) is 24.1 Å². The molecule has 0 aliphatic carbocycles. The van der Waals surface area contributed by atoms with Crippen LogP contribution in [-0.2, 0) is 11.2 Å². The largest absolute Gasteiger partial charge is 0.496 e. The first-order valence-electron chi connectivity index (χ1n) is 8.12.